The van der Waals surface area contributed by atoms with Crippen LogP contribution in [0.2, 0.25) is 0 Å². The van der Waals surface area contributed by atoms with Gasteiger partial charge in [0.15, 0.2) is 23.3 Å². The predicted octanol–water partition coefficient (Wildman–Crippen LogP) is 2.63. The van der Waals surface area contributed by atoms with Gasteiger partial charge in [0, 0.05) is 55.9 Å². The smallest absolute Gasteiger partial charge is 0.166 e. The van der Waals surface area contributed by atoms with E-state index in [1.54, 1.807) is 18.7 Å². The lowest BCUT2D eigenvalue weighted by Gasteiger charge is -2.43. The van der Waals surface area contributed by atoms with Gasteiger partial charge in [-0.15, -0.1) is 12.4 Å². The van der Waals surface area contributed by atoms with Gasteiger partial charge in [0.25, 0.3) is 0 Å². The summed E-state index contributed by atoms with van der Waals surface area (Å²) in [5.74, 6) is -5.65. The summed E-state index contributed by atoms with van der Waals surface area (Å²) in [5, 5.41) is 12.7. The lowest BCUT2D eigenvalue weighted by molar-refractivity contribution is 0.0258. The Hall–Kier alpha value is -0.890. The summed E-state index contributed by atoms with van der Waals surface area (Å²) in [5.41, 5.74) is -1.63. The average Bonchev–Trinajstić information content (AvgIpc) is 2.50. The molecule has 0 saturated carbocycles. The van der Waals surface area contributed by atoms with Crippen LogP contribution < -0.4 is 5.32 Å². The summed E-state index contributed by atoms with van der Waals surface area (Å²) >= 11 is 0. The molecule has 0 aliphatic carbocycles. The molecule has 2 rings (SSSR count). The van der Waals surface area contributed by atoms with Crippen LogP contribution in [0.25, 0.3) is 0 Å². The van der Waals surface area contributed by atoms with Gasteiger partial charge < -0.3 is 10.4 Å². The lowest BCUT2D eigenvalue weighted by atomic mass is 9.79. The van der Waals surface area contributed by atoms with Crippen molar-refractivity contribution in [2.75, 3.05) is 32.8 Å². The molecule has 1 atom stereocenters. The van der Waals surface area contributed by atoms with Crippen LogP contribution in [0, 0.1) is 28.7 Å². The fourth-order valence-electron chi connectivity index (χ4n) is 2.93. The molecule has 8 heteroatoms. The number of nitrogens with zero attached hydrogens (tertiary/aromatic N) is 1. The largest absolute Gasteiger partial charge is 0.396 e. The van der Waals surface area contributed by atoms with Crippen LogP contribution in [-0.2, 0) is 0 Å². The predicted molar refractivity (Wildman–Crippen MR) is 81.6 cm³/mol. The van der Waals surface area contributed by atoms with Crippen molar-refractivity contribution in [3.8, 4) is 0 Å². The first-order valence-electron chi connectivity index (χ1n) is 7.18. The molecule has 1 aliphatic rings. The summed E-state index contributed by atoms with van der Waals surface area (Å²) in [4.78, 5) is 1.74. The van der Waals surface area contributed by atoms with Gasteiger partial charge in [-0.25, -0.2) is 17.6 Å². The molecule has 132 valence electrons. The first kappa shape index (κ1) is 20.2. The molecule has 3 nitrogen and oxygen atoms in total. The molecule has 1 aromatic rings. The van der Waals surface area contributed by atoms with E-state index < -0.39 is 40.3 Å². The van der Waals surface area contributed by atoms with Gasteiger partial charge in [0.05, 0.1) is 0 Å². The molecule has 1 saturated heterocycles. The average molecular weight is 357 g/mol. The second kappa shape index (κ2) is 7.79. The minimum Gasteiger partial charge on any atom is -0.396 e. The minimum atomic E-state index is -1.43. The number of rotatable bonds is 4. The van der Waals surface area contributed by atoms with Crippen molar-refractivity contribution in [1.82, 2.24) is 10.2 Å². The fourth-order valence-corrected chi connectivity index (χ4v) is 2.93. The van der Waals surface area contributed by atoms with Gasteiger partial charge >= 0.3 is 0 Å². The van der Waals surface area contributed by atoms with Crippen molar-refractivity contribution >= 4 is 12.4 Å². The van der Waals surface area contributed by atoms with E-state index in [0.29, 0.717) is 26.2 Å². The highest BCUT2D eigenvalue weighted by molar-refractivity contribution is 5.85. The standard InChI is InChI=1S/C15H20F4N2O.ClH/c1-15(2,8-22)14(21-5-3-20-4-6-21)11-12(18)9(16)7-10(17)13(11)19;/h7,14,20,22H,3-6,8H2,1-2H3;1H/t14-;/m0./s1. The molecule has 0 radical (unpaired) electrons. The Morgan fingerprint density at radius 1 is 1.13 bits per heavy atom. The maximum Gasteiger partial charge on any atom is 0.166 e. The van der Waals surface area contributed by atoms with Crippen molar-refractivity contribution in [3.05, 3.63) is 34.9 Å². The number of benzene rings is 1. The van der Waals surface area contributed by atoms with Gasteiger partial charge in [0.1, 0.15) is 0 Å². The van der Waals surface area contributed by atoms with Gasteiger partial charge in [0.2, 0.25) is 0 Å². The van der Waals surface area contributed by atoms with E-state index in [2.05, 4.69) is 5.32 Å². The molecule has 1 heterocycles. The van der Waals surface area contributed by atoms with E-state index in [9.17, 15) is 22.7 Å². The molecule has 0 spiro atoms. The molecule has 0 amide bonds. The quantitative estimate of drug-likeness (QED) is 0.643. The summed E-state index contributed by atoms with van der Waals surface area (Å²) in [6, 6.07) is -0.764. The molecule has 0 aromatic heterocycles. The summed E-state index contributed by atoms with van der Waals surface area (Å²) in [6.07, 6.45) is 0. The molecular formula is C15H21ClF4N2O. The van der Waals surface area contributed by atoms with Crippen molar-refractivity contribution in [3.63, 3.8) is 0 Å². The topological polar surface area (TPSA) is 35.5 Å². The first-order chi connectivity index (χ1) is 10.3. The van der Waals surface area contributed by atoms with Crippen LogP contribution >= 0.6 is 12.4 Å². The Morgan fingerprint density at radius 3 is 2.04 bits per heavy atom. The Morgan fingerprint density at radius 2 is 1.61 bits per heavy atom. The third-order valence-electron chi connectivity index (χ3n) is 4.08. The van der Waals surface area contributed by atoms with E-state index >= 15 is 0 Å². The Balaban J connectivity index is 0.00000264. The number of aliphatic hydroxyl groups excluding tert-OH is 1. The number of aliphatic hydroxyl groups is 1. The van der Waals surface area contributed by atoms with Crippen molar-refractivity contribution in [1.29, 1.82) is 0 Å². The molecule has 1 fully saturated rings. The van der Waals surface area contributed by atoms with Gasteiger partial charge in [-0.2, -0.15) is 0 Å². The van der Waals surface area contributed by atoms with Crippen LogP contribution in [0.5, 0.6) is 0 Å². The maximum atomic E-state index is 14.2. The Kier molecular flexibility index (Phi) is 6.82. The third kappa shape index (κ3) is 3.96. The number of hydrogen-bond donors (Lipinski definition) is 2. The van der Waals surface area contributed by atoms with Crippen LogP contribution in [0.4, 0.5) is 17.6 Å². The molecule has 1 aromatic carbocycles. The van der Waals surface area contributed by atoms with Gasteiger partial charge in [-0.3, -0.25) is 4.90 Å². The van der Waals surface area contributed by atoms with Gasteiger partial charge in [-0.05, 0) is 0 Å². The number of piperazine rings is 1. The maximum absolute atomic E-state index is 14.2. The van der Waals surface area contributed by atoms with Crippen LogP contribution in [-0.4, -0.2) is 42.8 Å². The van der Waals surface area contributed by atoms with Crippen LogP contribution in [0.3, 0.4) is 0 Å². The highest BCUT2D eigenvalue weighted by atomic mass is 35.5. The zero-order chi connectivity index (χ0) is 16.5. The van der Waals surface area contributed by atoms with Crippen molar-refractivity contribution < 1.29 is 22.7 Å². The SMILES string of the molecule is CC(C)(CO)[C@H](c1c(F)c(F)cc(F)c1F)N1CCNCC1.Cl. The third-order valence-corrected chi connectivity index (χ3v) is 4.08. The Bertz CT molecular complexity index is 525. The van der Waals surface area contributed by atoms with E-state index in [0.717, 1.165) is 0 Å². The van der Waals surface area contributed by atoms with Crippen LogP contribution in [0.15, 0.2) is 6.07 Å². The van der Waals surface area contributed by atoms with Crippen molar-refractivity contribution in [2.45, 2.75) is 19.9 Å². The molecule has 1 aliphatic heterocycles. The first-order valence-corrected chi connectivity index (χ1v) is 7.18. The van der Waals surface area contributed by atoms with Gasteiger partial charge in [-0.1, -0.05) is 13.8 Å². The second-order valence-corrected chi connectivity index (χ2v) is 6.22. The van der Waals surface area contributed by atoms with Crippen LogP contribution in [0.1, 0.15) is 25.5 Å². The second-order valence-electron chi connectivity index (χ2n) is 6.22. The van der Waals surface area contributed by atoms with E-state index in [1.807, 2.05) is 0 Å². The monoisotopic (exact) mass is 356 g/mol. The fraction of sp³-hybridized carbons (Fsp3) is 0.600. The minimum absolute atomic E-state index is 0. The number of hydrogen-bond acceptors (Lipinski definition) is 3. The number of nitrogens with one attached hydrogen (secondary N) is 1. The van der Waals surface area contributed by atoms with E-state index in [1.165, 1.54) is 0 Å². The highest BCUT2D eigenvalue weighted by Crippen LogP contribution is 2.41. The molecule has 2 N–H and O–H groups in total. The molecule has 23 heavy (non-hydrogen) atoms. The summed E-state index contributed by atoms with van der Waals surface area (Å²) in [6.45, 7) is 4.97. The number of halogens is 5. The summed E-state index contributed by atoms with van der Waals surface area (Å²) in [7, 11) is 0. The van der Waals surface area contributed by atoms with E-state index in [4.69, 9.17) is 0 Å². The summed E-state index contributed by atoms with van der Waals surface area (Å²) < 4.78 is 55.5. The molecule has 0 unspecified atom stereocenters. The van der Waals surface area contributed by atoms with E-state index in [-0.39, 0.29) is 25.1 Å². The zero-order valence-electron chi connectivity index (χ0n) is 13.0. The zero-order valence-corrected chi connectivity index (χ0v) is 13.8. The van der Waals surface area contributed by atoms with Crippen molar-refractivity contribution in [2.24, 2.45) is 5.41 Å². The molecule has 0 bridgehead atoms. The highest BCUT2D eigenvalue weighted by Gasteiger charge is 2.40. The Labute approximate surface area is 139 Å². The lowest BCUT2D eigenvalue weighted by Crippen LogP contribution is -2.50. The normalized spacial score (nSPS) is 17.7. The molecular weight excluding hydrogens is 336 g/mol.